The van der Waals surface area contributed by atoms with Crippen LogP contribution >= 0.6 is 9.24 Å². The minimum atomic E-state index is -3.27. The minimum absolute atomic E-state index is 0.00494. The molecule has 0 saturated heterocycles. The van der Waals surface area contributed by atoms with Crippen LogP contribution in [0.5, 0.6) is 0 Å². The number of anilines is 1. The van der Waals surface area contributed by atoms with E-state index < -0.39 is 17.3 Å². The van der Waals surface area contributed by atoms with E-state index in [0.29, 0.717) is 22.5 Å². The lowest BCUT2D eigenvalue weighted by atomic mass is 10.0. The van der Waals surface area contributed by atoms with Crippen molar-refractivity contribution in [3.8, 4) is 23.0 Å². The topological polar surface area (TPSA) is 114 Å². The number of aromatic nitrogens is 4. The van der Waals surface area contributed by atoms with E-state index in [1.807, 2.05) is 0 Å². The summed E-state index contributed by atoms with van der Waals surface area (Å²) in [6.45, 7) is 1.75. The Labute approximate surface area is 200 Å². The summed E-state index contributed by atoms with van der Waals surface area (Å²) in [5.41, 5.74) is -1.92. The monoisotopic (exact) mass is 490 g/mol. The SMILES string of the molecule is Cc1ncc(NC(=O)c2ccnc(C(F)(F)P)c2)cc1-c1cnc(-n2ccccc2=O)c(C#N)c1. The first-order chi connectivity index (χ1) is 16.7. The fourth-order valence-electron chi connectivity index (χ4n) is 3.33. The smallest absolute Gasteiger partial charge is 0.300 e. The first-order valence-corrected chi connectivity index (χ1v) is 10.7. The third kappa shape index (κ3) is 5.10. The molecule has 1 N–H and O–H groups in total. The molecule has 4 aromatic heterocycles. The molecule has 35 heavy (non-hydrogen) atoms. The van der Waals surface area contributed by atoms with E-state index in [4.69, 9.17) is 0 Å². The molecule has 11 heteroatoms. The lowest BCUT2D eigenvalue weighted by Gasteiger charge is -2.13. The summed E-state index contributed by atoms with van der Waals surface area (Å²) in [5, 5.41) is 12.3. The van der Waals surface area contributed by atoms with Gasteiger partial charge >= 0.3 is 0 Å². The molecule has 1 unspecified atom stereocenters. The van der Waals surface area contributed by atoms with Crippen molar-refractivity contribution >= 4 is 20.8 Å². The standard InChI is InChI=1S/C24H17F2N6O2P/c1-14-19(17-8-16(11-27)22(30-12-17)32-7-3-2-4-21(32)33)10-18(13-29-14)31-23(34)15-5-6-28-20(9-15)24(25,26)35/h2-10,12-13H,35H2,1H3,(H,31,34). The Balaban J connectivity index is 1.67. The van der Waals surface area contributed by atoms with Gasteiger partial charge in [-0.1, -0.05) is 15.3 Å². The Morgan fingerprint density at radius 2 is 1.94 bits per heavy atom. The van der Waals surface area contributed by atoms with Crippen LogP contribution in [-0.2, 0) is 5.66 Å². The number of rotatable bonds is 5. The minimum Gasteiger partial charge on any atom is -0.321 e. The van der Waals surface area contributed by atoms with Gasteiger partial charge in [0.1, 0.15) is 11.8 Å². The van der Waals surface area contributed by atoms with Gasteiger partial charge in [0.05, 0.1) is 17.4 Å². The molecule has 0 spiro atoms. The second kappa shape index (κ2) is 9.49. The summed E-state index contributed by atoms with van der Waals surface area (Å²) in [5.74, 6) is -0.426. The van der Waals surface area contributed by atoms with Crippen molar-refractivity contribution in [3.63, 3.8) is 0 Å². The summed E-state index contributed by atoms with van der Waals surface area (Å²) in [4.78, 5) is 37.0. The fraction of sp³-hybridized carbons (Fsp3) is 0.0833. The predicted octanol–water partition coefficient (Wildman–Crippen LogP) is 4.05. The number of nitriles is 1. The molecule has 4 rings (SSSR count). The van der Waals surface area contributed by atoms with Gasteiger partial charge in [0.15, 0.2) is 5.82 Å². The molecule has 1 amide bonds. The van der Waals surface area contributed by atoms with Crippen molar-refractivity contribution in [2.75, 3.05) is 5.32 Å². The highest BCUT2D eigenvalue weighted by Gasteiger charge is 2.27. The van der Waals surface area contributed by atoms with Crippen molar-refractivity contribution in [2.45, 2.75) is 12.6 Å². The van der Waals surface area contributed by atoms with Gasteiger partial charge in [-0.25, -0.2) is 4.98 Å². The van der Waals surface area contributed by atoms with E-state index in [-0.39, 0.29) is 22.5 Å². The van der Waals surface area contributed by atoms with Crippen LogP contribution in [0, 0.1) is 18.3 Å². The number of nitrogens with one attached hydrogen (secondary N) is 1. The maximum Gasteiger partial charge on any atom is 0.300 e. The second-order valence-corrected chi connectivity index (χ2v) is 8.20. The predicted molar refractivity (Wildman–Crippen MR) is 128 cm³/mol. The second-order valence-electron chi connectivity index (χ2n) is 7.48. The van der Waals surface area contributed by atoms with Crippen LogP contribution in [-0.4, -0.2) is 25.4 Å². The first-order valence-electron chi connectivity index (χ1n) is 10.2. The number of aryl methyl sites for hydroxylation is 1. The van der Waals surface area contributed by atoms with Crippen LogP contribution in [0.4, 0.5) is 14.5 Å². The number of amides is 1. The van der Waals surface area contributed by atoms with Crippen LogP contribution in [0.15, 0.2) is 72.0 Å². The number of hydrogen-bond acceptors (Lipinski definition) is 6. The molecule has 174 valence electrons. The van der Waals surface area contributed by atoms with E-state index in [0.717, 1.165) is 12.3 Å². The van der Waals surface area contributed by atoms with Gasteiger partial charge in [-0.15, -0.1) is 0 Å². The number of hydrogen-bond donors (Lipinski definition) is 1. The highest BCUT2D eigenvalue weighted by atomic mass is 31.0. The third-order valence-corrected chi connectivity index (χ3v) is 5.35. The number of nitrogens with zero attached hydrogens (tertiary/aromatic N) is 5. The normalized spacial score (nSPS) is 11.1. The largest absolute Gasteiger partial charge is 0.321 e. The molecule has 0 saturated carbocycles. The summed E-state index contributed by atoms with van der Waals surface area (Å²) in [6.07, 6.45) is 5.59. The van der Waals surface area contributed by atoms with Crippen LogP contribution in [0.1, 0.15) is 27.3 Å². The Bertz CT molecular complexity index is 1540. The molecule has 1 atom stereocenters. The Kier molecular flexibility index (Phi) is 6.45. The molecule has 4 heterocycles. The van der Waals surface area contributed by atoms with Crippen LogP contribution in [0.2, 0.25) is 0 Å². The molecular weight excluding hydrogens is 473 g/mol. The lowest BCUT2D eigenvalue weighted by molar-refractivity contribution is 0.0978. The van der Waals surface area contributed by atoms with Gasteiger partial charge in [0, 0.05) is 47.0 Å². The zero-order valence-corrected chi connectivity index (χ0v) is 19.4. The lowest BCUT2D eigenvalue weighted by Crippen LogP contribution is -2.18. The molecule has 4 aromatic rings. The van der Waals surface area contributed by atoms with Crippen molar-refractivity contribution < 1.29 is 13.6 Å². The average molecular weight is 490 g/mol. The zero-order valence-electron chi connectivity index (χ0n) is 18.2. The van der Waals surface area contributed by atoms with Crippen LogP contribution in [0.25, 0.3) is 16.9 Å². The molecule has 0 fully saturated rings. The number of carbonyl (C=O) groups excluding carboxylic acids is 1. The quantitative estimate of drug-likeness (QED) is 0.423. The summed E-state index contributed by atoms with van der Waals surface area (Å²) >= 11 is 0. The van der Waals surface area contributed by atoms with E-state index in [9.17, 15) is 23.6 Å². The zero-order chi connectivity index (χ0) is 25.2. The van der Waals surface area contributed by atoms with Gasteiger partial charge in [-0.2, -0.15) is 14.0 Å². The van der Waals surface area contributed by atoms with E-state index in [1.165, 1.54) is 44.5 Å². The van der Waals surface area contributed by atoms with E-state index in [1.54, 1.807) is 31.2 Å². The van der Waals surface area contributed by atoms with Gasteiger partial charge in [0.25, 0.3) is 17.1 Å². The van der Waals surface area contributed by atoms with Crippen LogP contribution in [0.3, 0.4) is 0 Å². The number of alkyl halides is 2. The highest BCUT2D eigenvalue weighted by molar-refractivity contribution is 7.17. The van der Waals surface area contributed by atoms with Gasteiger partial charge in [-0.05, 0) is 37.3 Å². The van der Waals surface area contributed by atoms with E-state index >= 15 is 0 Å². The molecule has 0 radical (unpaired) electrons. The Hall–Kier alpha value is -4.35. The molecule has 0 aromatic carbocycles. The Morgan fingerprint density at radius 1 is 1.14 bits per heavy atom. The van der Waals surface area contributed by atoms with Crippen LogP contribution < -0.4 is 10.9 Å². The number of pyridine rings is 4. The molecule has 8 nitrogen and oxygen atoms in total. The molecule has 0 aliphatic rings. The van der Waals surface area contributed by atoms with Gasteiger partial charge in [-0.3, -0.25) is 24.1 Å². The van der Waals surface area contributed by atoms with Gasteiger partial charge in [0.2, 0.25) is 0 Å². The summed E-state index contributed by atoms with van der Waals surface area (Å²) in [6, 6.07) is 12.2. The van der Waals surface area contributed by atoms with Crippen molar-refractivity contribution in [1.29, 1.82) is 5.26 Å². The van der Waals surface area contributed by atoms with Crippen molar-refractivity contribution in [1.82, 2.24) is 19.5 Å². The first kappa shape index (κ1) is 23.8. The van der Waals surface area contributed by atoms with E-state index in [2.05, 4.69) is 26.3 Å². The maximum absolute atomic E-state index is 13.5. The third-order valence-electron chi connectivity index (χ3n) is 5.06. The van der Waals surface area contributed by atoms with Gasteiger partial charge < -0.3 is 5.32 Å². The average Bonchev–Trinajstić information content (AvgIpc) is 2.85. The number of carbonyl (C=O) groups is 1. The molecule has 0 aliphatic heterocycles. The highest BCUT2D eigenvalue weighted by Crippen LogP contribution is 2.33. The molecular formula is C24H17F2N6O2P. The molecule has 0 bridgehead atoms. The number of halogens is 2. The molecule has 0 aliphatic carbocycles. The van der Waals surface area contributed by atoms with Crippen molar-refractivity contribution in [3.05, 3.63) is 100 Å². The van der Waals surface area contributed by atoms with Crippen molar-refractivity contribution in [2.24, 2.45) is 0 Å². The summed E-state index contributed by atoms with van der Waals surface area (Å²) < 4.78 is 28.4. The fourth-order valence-corrected chi connectivity index (χ4v) is 3.49. The Morgan fingerprint density at radius 3 is 2.66 bits per heavy atom. The summed E-state index contributed by atoms with van der Waals surface area (Å²) in [7, 11) is 1.38. The maximum atomic E-state index is 13.5.